The van der Waals surface area contributed by atoms with E-state index in [4.69, 9.17) is 6.42 Å². The van der Waals surface area contributed by atoms with E-state index >= 15 is 0 Å². The minimum absolute atomic E-state index is 0.148. The maximum absolute atomic E-state index is 11.2. The fourth-order valence-corrected chi connectivity index (χ4v) is 3.51. The molecule has 6 heteroatoms. The van der Waals surface area contributed by atoms with Gasteiger partial charge in [-0.1, -0.05) is 25.8 Å². The second kappa shape index (κ2) is 5.98. The van der Waals surface area contributed by atoms with Gasteiger partial charge in [0.1, 0.15) is 0 Å². The second-order valence-electron chi connectivity index (χ2n) is 5.92. The summed E-state index contributed by atoms with van der Waals surface area (Å²) in [5.74, 6) is 3.30. The van der Waals surface area contributed by atoms with Gasteiger partial charge < -0.3 is 4.57 Å². The zero-order valence-electron chi connectivity index (χ0n) is 11.8. The van der Waals surface area contributed by atoms with Gasteiger partial charge in [-0.05, 0) is 55.5 Å². The molecule has 21 heavy (non-hydrogen) atoms. The molecule has 1 aromatic rings. The molecule has 0 spiro atoms. The Labute approximate surface area is 141 Å². The van der Waals surface area contributed by atoms with Crippen LogP contribution in [0.4, 0.5) is 5.69 Å². The summed E-state index contributed by atoms with van der Waals surface area (Å²) >= 11 is 6.77. The number of nitro groups is 1. The van der Waals surface area contributed by atoms with E-state index in [2.05, 4.69) is 57.7 Å². The van der Waals surface area contributed by atoms with Gasteiger partial charge in [0.25, 0.3) is 5.69 Å². The quantitative estimate of drug-likeness (QED) is 0.404. The largest absolute Gasteiger partial charge is 0.336 e. The smallest absolute Gasteiger partial charge is 0.290 e. The Morgan fingerprint density at radius 1 is 1.57 bits per heavy atom. The molecule has 0 radical (unpaired) electrons. The molecule has 1 aliphatic carbocycles. The summed E-state index contributed by atoms with van der Waals surface area (Å²) < 4.78 is 2.63. The molecule has 0 aromatic carbocycles. The van der Waals surface area contributed by atoms with Crippen molar-refractivity contribution < 1.29 is 4.92 Å². The van der Waals surface area contributed by atoms with Gasteiger partial charge >= 0.3 is 0 Å². The lowest BCUT2D eigenvalue weighted by Crippen LogP contribution is -1.97. The van der Waals surface area contributed by atoms with Gasteiger partial charge in [0.15, 0.2) is 0 Å². The Morgan fingerprint density at radius 3 is 2.76 bits per heavy atom. The number of allylic oxidation sites excluding steroid dienone is 1. The van der Waals surface area contributed by atoms with Gasteiger partial charge in [0.05, 0.1) is 21.1 Å². The van der Waals surface area contributed by atoms with E-state index in [-0.39, 0.29) is 16.0 Å². The lowest BCUT2D eigenvalue weighted by molar-refractivity contribution is -0.385. The molecule has 1 fully saturated rings. The highest BCUT2D eigenvalue weighted by molar-refractivity contribution is 9.28. The highest BCUT2D eigenvalue weighted by atomic mass is 79.9. The topological polar surface area (TPSA) is 48.1 Å². The Balaban J connectivity index is 2.22. The first-order chi connectivity index (χ1) is 9.77. The van der Waals surface area contributed by atoms with Gasteiger partial charge in [-0.25, -0.2) is 0 Å². The van der Waals surface area contributed by atoms with E-state index < -0.39 is 0 Å². The molecule has 1 aliphatic rings. The first-order valence-electron chi connectivity index (χ1n) is 6.56. The van der Waals surface area contributed by atoms with Crippen LogP contribution in [0.3, 0.4) is 0 Å². The Bertz CT molecular complexity index is 637. The van der Waals surface area contributed by atoms with Crippen LogP contribution < -0.4 is 0 Å². The molecule has 0 amide bonds. The number of hydrogen-bond acceptors (Lipinski definition) is 2. The van der Waals surface area contributed by atoms with Crippen LogP contribution in [0.25, 0.3) is 0 Å². The average molecular weight is 416 g/mol. The predicted molar refractivity (Wildman–Crippen MR) is 90.3 cm³/mol. The molecular formula is C15H16Br2N2O2. The van der Waals surface area contributed by atoms with Crippen molar-refractivity contribution in [3.05, 3.63) is 37.5 Å². The molecule has 1 saturated carbocycles. The van der Waals surface area contributed by atoms with Crippen molar-refractivity contribution in [3.63, 3.8) is 0 Å². The lowest BCUT2D eigenvalue weighted by Gasteiger charge is -2.00. The first kappa shape index (κ1) is 16.3. The molecule has 112 valence electrons. The second-order valence-corrected chi connectivity index (χ2v) is 8.69. The molecule has 0 saturated heterocycles. The third kappa shape index (κ3) is 3.41. The molecule has 0 unspecified atom stereocenters. The van der Waals surface area contributed by atoms with Crippen LogP contribution in [0.5, 0.6) is 0 Å². The van der Waals surface area contributed by atoms with Gasteiger partial charge in [-0.2, -0.15) is 0 Å². The summed E-state index contributed by atoms with van der Waals surface area (Å²) in [5.41, 5.74) is 1.07. The van der Waals surface area contributed by atoms with Crippen molar-refractivity contribution >= 4 is 37.5 Å². The zero-order chi connectivity index (χ0) is 15.8. The third-order valence-electron chi connectivity index (χ3n) is 4.29. The third-order valence-corrected chi connectivity index (χ3v) is 4.82. The Kier molecular flexibility index (Phi) is 4.64. The fourth-order valence-electron chi connectivity index (χ4n) is 2.94. The SMILES string of the molecule is C#CCn1cc(C[C@@H]2[C@H](C=C(Br)Br)C2(C)C)c([N+](=O)[O-])c1. The van der Waals surface area contributed by atoms with Gasteiger partial charge in [0, 0.05) is 11.8 Å². The van der Waals surface area contributed by atoms with Crippen molar-refractivity contribution in [2.45, 2.75) is 26.8 Å². The fraction of sp³-hybridized carbons (Fsp3) is 0.467. The summed E-state index contributed by atoms with van der Waals surface area (Å²) in [4.78, 5) is 10.8. The molecule has 2 atom stereocenters. The molecule has 1 aromatic heterocycles. The van der Waals surface area contributed by atoms with Gasteiger partial charge in [-0.15, -0.1) is 6.42 Å². The highest BCUT2D eigenvalue weighted by Gasteiger charge is 2.56. The number of hydrogen-bond donors (Lipinski definition) is 0. The van der Waals surface area contributed by atoms with Crippen molar-refractivity contribution in [3.8, 4) is 12.3 Å². The average Bonchev–Trinajstić information content (AvgIpc) is 2.74. The van der Waals surface area contributed by atoms with Crippen LogP contribution in [0, 0.1) is 39.7 Å². The van der Waals surface area contributed by atoms with E-state index in [1.54, 1.807) is 10.8 Å². The molecule has 2 rings (SSSR count). The van der Waals surface area contributed by atoms with Crippen molar-refractivity contribution in [2.75, 3.05) is 0 Å². The number of terminal acetylenes is 1. The highest BCUT2D eigenvalue weighted by Crippen LogP contribution is 2.61. The van der Waals surface area contributed by atoms with Crippen LogP contribution >= 0.6 is 31.9 Å². The molecular weight excluding hydrogens is 400 g/mol. The Morgan fingerprint density at radius 2 is 2.24 bits per heavy atom. The molecule has 0 N–H and O–H groups in total. The summed E-state index contributed by atoms with van der Waals surface area (Å²) in [5, 5.41) is 11.2. The monoisotopic (exact) mass is 414 g/mol. The van der Waals surface area contributed by atoms with E-state index in [0.29, 0.717) is 24.8 Å². The van der Waals surface area contributed by atoms with Crippen LogP contribution in [0.1, 0.15) is 19.4 Å². The Hall–Kier alpha value is -1.06. The number of rotatable bonds is 5. The summed E-state index contributed by atoms with van der Waals surface area (Å²) in [6, 6.07) is 0. The number of nitrogens with zero attached hydrogens (tertiary/aromatic N) is 2. The maximum Gasteiger partial charge on any atom is 0.290 e. The van der Waals surface area contributed by atoms with E-state index in [1.807, 2.05) is 0 Å². The van der Waals surface area contributed by atoms with Gasteiger partial charge in [-0.3, -0.25) is 10.1 Å². The zero-order valence-corrected chi connectivity index (χ0v) is 15.0. The van der Waals surface area contributed by atoms with Gasteiger partial charge in [0.2, 0.25) is 0 Å². The predicted octanol–water partition coefficient (Wildman–Crippen LogP) is 4.48. The maximum atomic E-state index is 11.2. The number of aromatic nitrogens is 1. The summed E-state index contributed by atoms with van der Waals surface area (Å²) in [7, 11) is 0. The number of halogens is 2. The normalized spacial score (nSPS) is 22.4. The first-order valence-corrected chi connectivity index (χ1v) is 8.15. The molecule has 0 bridgehead atoms. The standard InChI is InChI=1S/C15H16Br2N2O2/c1-4-5-18-8-10(13(9-18)19(20)21)6-11-12(7-14(16)17)15(11,2)3/h1,7-9,11-12H,5-6H2,2-3H3/t11-,12+/m1/s1. The molecule has 1 heterocycles. The van der Waals surface area contributed by atoms with Crippen LogP contribution in [0.15, 0.2) is 21.9 Å². The molecule has 0 aliphatic heterocycles. The minimum atomic E-state index is -0.330. The van der Waals surface area contributed by atoms with Crippen LogP contribution in [-0.4, -0.2) is 9.49 Å². The van der Waals surface area contributed by atoms with Crippen molar-refractivity contribution in [1.29, 1.82) is 0 Å². The van der Waals surface area contributed by atoms with Crippen molar-refractivity contribution in [1.82, 2.24) is 4.57 Å². The van der Waals surface area contributed by atoms with E-state index in [1.165, 1.54) is 6.20 Å². The van der Waals surface area contributed by atoms with E-state index in [9.17, 15) is 10.1 Å². The minimum Gasteiger partial charge on any atom is -0.336 e. The van der Waals surface area contributed by atoms with Crippen LogP contribution in [-0.2, 0) is 13.0 Å². The summed E-state index contributed by atoms with van der Waals surface area (Å²) in [6.07, 6.45) is 11.4. The van der Waals surface area contributed by atoms with E-state index in [0.717, 1.165) is 8.96 Å². The summed E-state index contributed by atoms with van der Waals surface area (Å²) in [6.45, 7) is 4.73. The van der Waals surface area contributed by atoms with Crippen molar-refractivity contribution in [2.24, 2.45) is 17.3 Å². The lowest BCUT2D eigenvalue weighted by atomic mass is 10.0. The van der Waals surface area contributed by atoms with Crippen LogP contribution in [0.2, 0.25) is 0 Å². The molecule has 4 nitrogen and oxygen atoms in total.